The Balaban J connectivity index is 2.63. The molecule has 1 heterocycles. The molecule has 0 aromatic carbocycles. The number of anilines is 1. The number of nitrogens with zero attached hydrogens (tertiary/aromatic N) is 4. The Morgan fingerprint density at radius 3 is 2.79 bits per heavy atom. The topological polar surface area (TPSA) is 78.8 Å². The van der Waals surface area contributed by atoms with Gasteiger partial charge in [-0.3, -0.25) is 0 Å². The average Bonchev–Trinajstić information content (AvgIpc) is 2.26. The molecular weight excluding hydrogens is 178 g/mol. The van der Waals surface area contributed by atoms with Crippen molar-refractivity contribution in [2.45, 2.75) is 6.42 Å². The van der Waals surface area contributed by atoms with Gasteiger partial charge in [0.1, 0.15) is 11.9 Å². The average molecular weight is 191 g/mol. The van der Waals surface area contributed by atoms with Crippen molar-refractivity contribution in [3.05, 3.63) is 18.1 Å². The van der Waals surface area contributed by atoms with Gasteiger partial charge in [0.15, 0.2) is 5.69 Å². The van der Waals surface area contributed by atoms with Crippen LogP contribution in [0.1, 0.15) is 12.1 Å². The molecular formula is C9H13N5. The maximum Gasteiger partial charge on any atom is 0.158 e. The molecule has 1 rings (SSSR count). The molecule has 0 saturated carbocycles. The quantitative estimate of drug-likeness (QED) is 0.732. The lowest BCUT2D eigenvalue weighted by molar-refractivity contribution is 0.784. The zero-order valence-corrected chi connectivity index (χ0v) is 8.14. The van der Waals surface area contributed by atoms with Crippen LogP contribution in [0.25, 0.3) is 0 Å². The highest BCUT2D eigenvalue weighted by Gasteiger charge is 2.01. The molecule has 74 valence electrons. The standard InChI is InChI=1S/C9H13N5/c1-14(4-2-3-10)9-7-12-8(5-11)6-13-9/h6-7H,2-4,10H2,1H3. The van der Waals surface area contributed by atoms with Crippen LogP contribution in [0.3, 0.4) is 0 Å². The van der Waals surface area contributed by atoms with Gasteiger partial charge >= 0.3 is 0 Å². The summed E-state index contributed by atoms with van der Waals surface area (Å²) in [6, 6.07) is 1.92. The van der Waals surface area contributed by atoms with Crippen LogP contribution in [-0.2, 0) is 0 Å². The Morgan fingerprint density at radius 1 is 1.50 bits per heavy atom. The number of nitrogens with two attached hydrogens (primary N) is 1. The number of nitriles is 1. The van der Waals surface area contributed by atoms with Crippen LogP contribution in [-0.4, -0.2) is 30.1 Å². The molecule has 0 aliphatic rings. The van der Waals surface area contributed by atoms with Crippen molar-refractivity contribution in [1.82, 2.24) is 9.97 Å². The molecule has 0 radical (unpaired) electrons. The molecule has 0 amide bonds. The first-order valence-electron chi connectivity index (χ1n) is 4.41. The van der Waals surface area contributed by atoms with E-state index in [2.05, 4.69) is 9.97 Å². The minimum absolute atomic E-state index is 0.334. The van der Waals surface area contributed by atoms with Crippen LogP contribution >= 0.6 is 0 Å². The van der Waals surface area contributed by atoms with Gasteiger partial charge < -0.3 is 10.6 Å². The molecule has 1 aromatic rings. The van der Waals surface area contributed by atoms with E-state index in [-0.39, 0.29) is 0 Å². The van der Waals surface area contributed by atoms with Gasteiger partial charge in [0.05, 0.1) is 12.4 Å². The van der Waals surface area contributed by atoms with Gasteiger partial charge in [-0.25, -0.2) is 9.97 Å². The maximum atomic E-state index is 8.53. The van der Waals surface area contributed by atoms with E-state index in [4.69, 9.17) is 11.0 Å². The molecule has 0 aliphatic carbocycles. The first-order valence-corrected chi connectivity index (χ1v) is 4.41. The Hall–Kier alpha value is -1.67. The SMILES string of the molecule is CN(CCCN)c1cnc(C#N)cn1. The van der Waals surface area contributed by atoms with Gasteiger partial charge in [-0.2, -0.15) is 5.26 Å². The summed E-state index contributed by atoms with van der Waals surface area (Å²) in [4.78, 5) is 9.99. The minimum Gasteiger partial charge on any atom is -0.358 e. The zero-order valence-electron chi connectivity index (χ0n) is 8.14. The second kappa shape index (κ2) is 5.14. The first-order chi connectivity index (χ1) is 6.77. The monoisotopic (exact) mass is 191 g/mol. The Kier molecular flexibility index (Phi) is 3.83. The van der Waals surface area contributed by atoms with Gasteiger partial charge in [0.25, 0.3) is 0 Å². The molecule has 5 heteroatoms. The van der Waals surface area contributed by atoms with Crippen molar-refractivity contribution in [2.75, 3.05) is 25.0 Å². The Labute approximate surface area is 83.2 Å². The Bertz CT molecular complexity index is 313. The van der Waals surface area contributed by atoms with Crippen molar-refractivity contribution in [3.8, 4) is 6.07 Å². The summed E-state index contributed by atoms with van der Waals surface area (Å²) in [6.45, 7) is 1.51. The van der Waals surface area contributed by atoms with Gasteiger partial charge in [-0.15, -0.1) is 0 Å². The molecule has 1 aromatic heterocycles. The van der Waals surface area contributed by atoms with E-state index in [1.165, 1.54) is 6.20 Å². The van der Waals surface area contributed by atoms with Crippen LogP contribution in [0.15, 0.2) is 12.4 Å². The summed E-state index contributed by atoms with van der Waals surface area (Å²) < 4.78 is 0. The molecule has 14 heavy (non-hydrogen) atoms. The van der Waals surface area contributed by atoms with Gasteiger partial charge in [-0.1, -0.05) is 0 Å². The normalized spacial score (nSPS) is 9.50. The van der Waals surface area contributed by atoms with E-state index in [9.17, 15) is 0 Å². The van der Waals surface area contributed by atoms with Crippen molar-refractivity contribution >= 4 is 5.82 Å². The van der Waals surface area contributed by atoms with Crippen molar-refractivity contribution in [3.63, 3.8) is 0 Å². The van der Waals surface area contributed by atoms with Crippen molar-refractivity contribution < 1.29 is 0 Å². The van der Waals surface area contributed by atoms with Crippen LogP contribution in [0.2, 0.25) is 0 Å². The summed E-state index contributed by atoms with van der Waals surface area (Å²) in [5.74, 6) is 0.762. The van der Waals surface area contributed by atoms with Gasteiger partial charge in [0, 0.05) is 13.6 Å². The largest absolute Gasteiger partial charge is 0.358 e. The minimum atomic E-state index is 0.334. The lowest BCUT2D eigenvalue weighted by Gasteiger charge is -2.16. The maximum absolute atomic E-state index is 8.53. The van der Waals surface area contributed by atoms with Crippen LogP contribution in [0, 0.1) is 11.3 Å². The van der Waals surface area contributed by atoms with E-state index < -0.39 is 0 Å². The molecule has 0 saturated heterocycles. The molecule has 5 nitrogen and oxygen atoms in total. The summed E-state index contributed by atoms with van der Waals surface area (Å²) in [5.41, 5.74) is 5.73. The molecule has 2 N–H and O–H groups in total. The lowest BCUT2D eigenvalue weighted by atomic mass is 10.4. The number of hydrogen-bond donors (Lipinski definition) is 1. The predicted molar refractivity (Wildman–Crippen MR) is 53.7 cm³/mol. The van der Waals surface area contributed by atoms with E-state index in [0.717, 1.165) is 18.8 Å². The molecule has 0 bridgehead atoms. The third-order valence-corrected chi connectivity index (χ3v) is 1.84. The Morgan fingerprint density at radius 2 is 2.29 bits per heavy atom. The smallest absolute Gasteiger partial charge is 0.158 e. The number of rotatable bonds is 4. The van der Waals surface area contributed by atoms with Crippen LogP contribution in [0.5, 0.6) is 0 Å². The summed E-state index contributed by atoms with van der Waals surface area (Å²) in [5, 5.41) is 8.53. The second-order valence-corrected chi connectivity index (χ2v) is 2.94. The molecule has 0 spiro atoms. The summed E-state index contributed by atoms with van der Waals surface area (Å²) in [6.07, 6.45) is 3.97. The summed E-state index contributed by atoms with van der Waals surface area (Å²) in [7, 11) is 1.92. The summed E-state index contributed by atoms with van der Waals surface area (Å²) >= 11 is 0. The number of hydrogen-bond acceptors (Lipinski definition) is 5. The second-order valence-electron chi connectivity index (χ2n) is 2.94. The molecule has 0 fully saturated rings. The van der Waals surface area contributed by atoms with E-state index in [1.54, 1.807) is 6.20 Å². The lowest BCUT2D eigenvalue weighted by Crippen LogP contribution is -2.22. The van der Waals surface area contributed by atoms with Crippen LogP contribution in [0.4, 0.5) is 5.82 Å². The predicted octanol–water partition coefficient (Wildman–Crippen LogP) is 0.133. The fraction of sp³-hybridized carbons (Fsp3) is 0.444. The van der Waals surface area contributed by atoms with Crippen LogP contribution < -0.4 is 10.6 Å². The van der Waals surface area contributed by atoms with Crippen molar-refractivity contribution in [1.29, 1.82) is 5.26 Å². The first kappa shape index (κ1) is 10.4. The molecule has 0 atom stereocenters. The molecule has 0 aliphatic heterocycles. The highest BCUT2D eigenvalue weighted by molar-refractivity contribution is 5.35. The third-order valence-electron chi connectivity index (χ3n) is 1.84. The molecule has 0 unspecified atom stereocenters. The van der Waals surface area contributed by atoms with E-state index in [0.29, 0.717) is 12.2 Å². The van der Waals surface area contributed by atoms with Gasteiger partial charge in [-0.05, 0) is 13.0 Å². The fourth-order valence-corrected chi connectivity index (χ4v) is 1.02. The number of aromatic nitrogens is 2. The fourth-order valence-electron chi connectivity index (χ4n) is 1.02. The highest BCUT2D eigenvalue weighted by atomic mass is 15.2. The third kappa shape index (κ3) is 2.68. The van der Waals surface area contributed by atoms with Gasteiger partial charge in [0.2, 0.25) is 0 Å². The zero-order chi connectivity index (χ0) is 10.4. The van der Waals surface area contributed by atoms with Crippen molar-refractivity contribution in [2.24, 2.45) is 5.73 Å². The van der Waals surface area contributed by atoms with E-state index in [1.807, 2.05) is 18.0 Å². The van der Waals surface area contributed by atoms with E-state index >= 15 is 0 Å². The highest BCUT2D eigenvalue weighted by Crippen LogP contribution is 2.06.